The average Bonchev–Trinajstić information content (AvgIpc) is 2.74. The first-order valence-electron chi connectivity index (χ1n) is 8.32. The largest absolute Gasteiger partial charge is 0.365 e. The summed E-state index contributed by atoms with van der Waals surface area (Å²) in [4.78, 5) is 15.0. The van der Waals surface area contributed by atoms with E-state index in [2.05, 4.69) is 4.90 Å². The molecule has 0 aromatic heterocycles. The molecule has 2 fully saturated rings. The van der Waals surface area contributed by atoms with Gasteiger partial charge in [0, 0.05) is 19.2 Å². The van der Waals surface area contributed by atoms with Crippen molar-refractivity contribution in [3.05, 3.63) is 0 Å². The molecule has 0 aromatic carbocycles. The molecular formula is C16H30N2O2. The number of amides is 1. The van der Waals surface area contributed by atoms with Crippen LogP contribution in [-0.2, 0) is 9.53 Å². The summed E-state index contributed by atoms with van der Waals surface area (Å²) in [5.74, 6) is 0.204. The molecule has 20 heavy (non-hydrogen) atoms. The number of nitrogens with two attached hydrogens (primary N) is 1. The van der Waals surface area contributed by atoms with Crippen molar-refractivity contribution in [2.24, 2.45) is 5.73 Å². The van der Waals surface area contributed by atoms with Crippen molar-refractivity contribution in [2.45, 2.75) is 76.4 Å². The fourth-order valence-corrected chi connectivity index (χ4v) is 3.53. The maximum Gasteiger partial charge on any atom is 0.254 e. The van der Waals surface area contributed by atoms with E-state index in [1.54, 1.807) is 0 Å². The maximum absolute atomic E-state index is 12.9. The molecule has 2 rings (SSSR count). The van der Waals surface area contributed by atoms with Crippen LogP contribution < -0.4 is 5.73 Å². The van der Waals surface area contributed by atoms with Crippen LogP contribution in [0.3, 0.4) is 0 Å². The molecule has 0 bridgehead atoms. The summed E-state index contributed by atoms with van der Waals surface area (Å²) in [6, 6.07) is 0.401. The van der Waals surface area contributed by atoms with Gasteiger partial charge >= 0.3 is 0 Å². The lowest BCUT2D eigenvalue weighted by molar-refractivity contribution is -0.153. The minimum Gasteiger partial charge on any atom is -0.365 e. The summed E-state index contributed by atoms with van der Waals surface area (Å²) >= 11 is 0. The van der Waals surface area contributed by atoms with Gasteiger partial charge in [-0.25, -0.2) is 0 Å². The zero-order valence-corrected chi connectivity index (χ0v) is 12.9. The van der Waals surface area contributed by atoms with Crippen LogP contribution in [-0.4, -0.2) is 42.1 Å². The zero-order valence-electron chi connectivity index (χ0n) is 12.9. The third kappa shape index (κ3) is 3.73. The standard InChI is InChI=1S/C16H30N2O2/c1-16(10-6-13-20-16)15(19)18(12-7-11-17)14-8-4-2-3-5-9-14/h14H,2-13,17H2,1H3. The maximum atomic E-state index is 12.9. The highest BCUT2D eigenvalue weighted by Gasteiger charge is 2.42. The van der Waals surface area contributed by atoms with Gasteiger partial charge < -0.3 is 15.4 Å². The summed E-state index contributed by atoms with van der Waals surface area (Å²) in [6.07, 6.45) is 10.1. The molecule has 0 radical (unpaired) electrons. The molecular weight excluding hydrogens is 252 g/mol. The van der Waals surface area contributed by atoms with Crippen LogP contribution in [0.1, 0.15) is 64.7 Å². The van der Waals surface area contributed by atoms with E-state index in [1.165, 1.54) is 25.7 Å². The molecule has 0 aromatic rings. The van der Waals surface area contributed by atoms with Crippen LogP contribution in [0.25, 0.3) is 0 Å². The van der Waals surface area contributed by atoms with Crippen molar-refractivity contribution in [2.75, 3.05) is 19.7 Å². The predicted molar refractivity (Wildman–Crippen MR) is 80.5 cm³/mol. The fraction of sp³-hybridized carbons (Fsp3) is 0.938. The van der Waals surface area contributed by atoms with Gasteiger partial charge in [-0.05, 0) is 45.6 Å². The second-order valence-corrected chi connectivity index (χ2v) is 6.47. The van der Waals surface area contributed by atoms with Gasteiger partial charge in [-0.15, -0.1) is 0 Å². The SMILES string of the molecule is CC1(C(=O)N(CCCN)C2CCCCCC2)CCCO1. The van der Waals surface area contributed by atoms with Gasteiger partial charge in [-0.3, -0.25) is 4.79 Å². The van der Waals surface area contributed by atoms with Crippen molar-refractivity contribution < 1.29 is 9.53 Å². The molecule has 1 saturated heterocycles. The highest BCUT2D eigenvalue weighted by molar-refractivity contribution is 5.85. The lowest BCUT2D eigenvalue weighted by atomic mass is 9.97. The molecule has 4 nitrogen and oxygen atoms in total. The molecule has 1 saturated carbocycles. The smallest absolute Gasteiger partial charge is 0.254 e. The first-order valence-corrected chi connectivity index (χ1v) is 8.32. The van der Waals surface area contributed by atoms with E-state index in [-0.39, 0.29) is 5.91 Å². The van der Waals surface area contributed by atoms with Crippen LogP contribution in [0, 0.1) is 0 Å². The Hall–Kier alpha value is -0.610. The predicted octanol–water partition coefficient (Wildman–Crippen LogP) is 2.46. The van der Waals surface area contributed by atoms with Gasteiger partial charge in [0.25, 0.3) is 5.91 Å². The molecule has 1 amide bonds. The molecule has 1 atom stereocenters. The molecule has 1 unspecified atom stereocenters. The van der Waals surface area contributed by atoms with E-state index in [4.69, 9.17) is 10.5 Å². The van der Waals surface area contributed by atoms with Crippen LogP contribution in [0.15, 0.2) is 0 Å². The van der Waals surface area contributed by atoms with Crippen LogP contribution in [0.2, 0.25) is 0 Å². The Labute approximate surface area is 123 Å². The number of nitrogens with zero attached hydrogens (tertiary/aromatic N) is 1. The first-order chi connectivity index (χ1) is 9.67. The van der Waals surface area contributed by atoms with E-state index < -0.39 is 5.60 Å². The van der Waals surface area contributed by atoms with Crippen molar-refractivity contribution in [3.8, 4) is 0 Å². The number of carbonyl (C=O) groups excluding carboxylic acids is 1. The number of hydrogen-bond acceptors (Lipinski definition) is 3. The van der Waals surface area contributed by atoms with Gasteiger partial charge in [0.15, 0.2) is 0 Å². The van der Waals surface area contributed by atoms with Gasteiger partial charge in [-0.2, -0.15) is 0 Å². The van der Waals surface area contributed by atoms with E-state index in [0.29, 0.717) is 12.6 Å². The topological polar surface area (TPSA) is 55.6 Å². The Balaban J connectivity index is 2.06. The summed E-state index contributed by atoms with van der Waals surface area (Å²) in [6.45, 7) is 4.12. The Morgan fingerprint density at radius 1 is 1.25 bits per heavy atom. The molecule has 0 spiro atoms. The third-order valence-corrected chi connectivity index (χ3v) is 4.80. The lowest BCUT2D eigenvalue weighted by Crippen LogP contribution is -2.51. The van der Waals surface area contributed by atoms with Gasteiger partial charge in [0.2, 0.25) is 0 Å². The summed E-state index contributed by atoms with van der Waals surface area (Å²) in [5.41, 5.74) is 5.07. The van der Waals surface area contributed by atoms with Gasteiger partial charge in [0.05, 0.1) is 0 Å². The molecule has 4 heteroatoms. The summed E-state index contributed by atoms with van der Waals surface area (Å²) in [7, 11) is 0. The Kier molecular flexibility index (Phi) is 5.85. The number of carbonyl (C=O) groups is 1. The highest BCUT2D eigenvalue weighted by atomic mass is 16.5. The molecule has 2 aliphatic rings. The number of ether oxygens (including phenoxy) is 1. The van der Waals surface area contributed by atoms with Crippen molar-refractivity contribution in [3.63, 3.8) is 0 Å². The van der Waals surface area contributed by atoms with E-state index in [1.807, 2.05) is 6.92 Å². The minimum atomic E-state index is -0.582. The normalized spacial score (nSPS) is 28.3. The average molecular weight is 282 g/mol. The van der Waals surface area contributed by atoms with E-state index in [9.17, 15) is 4.79 Å². The quantitative estimate of drug-likeness (QED) is 0.788. The molecule has 1 heterocycles. The Morgan fingerprint density at radius 3 is 2.50 bits per heavy atom. The number of rotatable bonds is 5. The third-order valence-electron chi connectivity index (χ3n) is 4.80. The Bertz CT molecular complexity index is 306. The van der Waals surface area contributed by atoms with E-state index >= 15 is 0 Å². The summed E-state index contributed by atoms with van der Waals surface area (Å²) in [5, 5.41) is 0. The van der Waals surface area contributed by atoms with Crippen molar-refractivity contribution >= 4 is 5.91 Å². The first kappa shape index (κ1) is 15.8. The number of hydrogen-bond donors (Lipinski definition) is 1. The second-order valence-electron chi connectivity index (χ2n) is 6.47. The van der Waals surface area contributed by atoms with E-state index in [0.717, 1.165) is 45.3 Å². The summed E-state index contributed by atoms with van der Waals surface area (Å²) < 4.78 is 5.76. The van der Waals surface area contributed by atoms with Gasteiger partial charge in [0.1, 0.15) is 5.60 Å². The van der Waals surface area contributed by atoms with Gasteiger partial charge in [-0.1, -0.05) is 25.7 Å². The Morgan fingerprint density at radius 2 is 1.95 bits per heavy atom. The second kappa shape index (κ2) is 7.41. The molecule has 1 aliphatic carbocycles. The highest BCUT2D eigenvalue weighted by Crippen LogP contribution is 2.30. The van der Waals surface area contributed by atoms with Crippen molar-refractivity contribution in [1.82, 2.24) is 4.90 Å². The van der Waals surface area contributed by atoms with Crippen LogP contribution in [0.5, 0.6) is 0 Å². The molecule has 1 aliphatic heterocycles. The molecule has 2 N–H and O–H groups in total. The lowest BCUT2D eigenvalue weighted by Gasteiger charge is -2.36. The fourth-order valence-electron chi connectivity index (χ4n) is 3.53. The minimum absolute atomic E-state index is 0.204. The van der Waals surface area contributed by atoms with Crippen molar-refractivity contribution in [1.29, 1.82) is 0 Å². The monoisotopic (exact) mass is 282 g/mol. The van der Waals surface area contributed by atoms with Crippen LogP contribution >= 0.6 is 0 Å². The zero-order chi connectivity index (χ0) is 14.4. The molecule has 116 valence electrons. The van der Waals surface area contributed by atoms with Crippen LogP contribution in [0.4, 0.5) is 0 Å².